The van der Waals surface area contributed by atoms with Crippen LogP contribution in [0.25, 0.3) is 0 Å². The average Bonchev–Trinajstić information content (AvgIpc) is 2.61. The van der Waals surface area contributed by atoms with Gasteiger partial charge in [-0.3, -0.25) is 4.79 Å². The van der Waals surface area contributed by atoms with Gasteiger partial charge in [0.05, 0.1) is 17.2 Å². The smallest absolute Gasteiger partial charge is 0.338 e. The lowest BCUT2D eigenvalue weighted by molar-refractivity contribution is -0.137. The lowest BCUT2D eigenvalue weighted by atomic mass is 9.94. The van der Waals surface area contributed by atoms with Gasteiger partial charge in [0.25, 0.3) is 5.91 Å². The fourth-order valence-electron chi connectivity index (χ4n) is 3.04. The number of nitrogens with zero attached hydrogens (tertiary/aromatic N) is 2. The predicted molar refractivity (Wildman–Crippen MR) is 85.7 cm³/mol. The van der Waals surface area contributed by atoms with Crippen LogP contribution in [0.5, 0.6) is 0 Å². The molecule has 0 bridgehead atoms. The second kappa shape index (κ2) is 8.33. The number of hydrogen-bond donors (Lipinski definition) is 0. The Morgan fingerprint density at radius 3 is 2.70 bits per heavy atom. The van der Waals surface area contributed by atoms with E-state index in [1.807, 2.05) is 17.9 Å². The first-order chi connectivity index (χ1) is 11.2. The van der Waals surface area contributed by atoms with Gasteiger partial charge < -0.3 is 9.64 Å². The minimum atomic E-state index is -0.574. The van der Waals surface area contributed by atoms with E-state index in [9.17, 15) is 9.59 Å². The maximum atomic E-state index is 12.3. The van der Waals surface area contributed by atoms with E-state index in [1.54, 1.807) is 18.2 Å². The summed E-state index contributed by atoms with van der Waals surface area (Å²) in [5.74, 6) is -0.723. The lowest BCUT2D eigenvalue weighted by Crippen LogP contribution is -2.43. The summed E-state index contributed by atoms with van der Waals surface area (Å²) in [5.41, 5.74) is 0.681. The molecular weight excluding hydrogens is 292 g/mol. The first kappa shape index (κ1) is 17.0. The Labute approximate surface area is 136 Å². The molecule has 0 saturated heterocycles. The van der Waals surface area contributed by atoms with Crippen LogP contribution in [0.3, 0.4) is 0 Å². The van der Waals surface area contributed by atoms with E-state index in [0.717, 1.165) is 25.7 Å². The summed E-state index contributed by atoms with van der Waals surface area (Å²) in [6.07, 6.45) is 5.58. The van der Waals surface area contributed by atoms with Crippen LogP contribution in [-0.2, 0) is 9.53 Å². The molecule has 2 rings (SSSR count). The van der Waals surface area contributed by atoms with E-state index >= 15 is 0 Å². The molecule has 1 amide bonds. The molecule has 1 aromatic carbocycles. The van der Waals surface area contributed by atoms with Crippen LogP contribution >= 0.6 is 0 Å². The number of amides is 1. The van der Waals surface area contributed by atoms with Crippen LogP contribution < -0.4 is 0 Å². The number of rotatable bonds is 5. The summed E-state index contributed by atoms with van der Waals surface area (Å²) in [7, 11) is 0. The monoisotopic (exact) mass is 314 g/mol. The van der Waals surface area contributed by atoms with Gasteiger partial charge in [-0.05, 0) is 38.0 Å². The quantitative estimate of drug-likeness (QED) is 0.784. The summed E-state index contributed by atoms with van der Waals surface area (Å²) in [4.78, 5) is 26.1. The molecule has 0 unspecified atom stereocenters. The number of hydrogen-bond acceptors (Lipinski definition) is 4. The number of carbonyl (C=O) groups excluding carboxylic acids is 2. The van der Waals surface area contributed by atoms with Gasteiger partial charge in [0.2, 0.25) is 0 Å². The summed E-state index contributed by atoms with van der Waals surface area (Å²) in [6, 6.07) is 8.52. The zero-order chi connectivity index (χ0) is 16.7. The number of benzene rings is 1. The third-order valence-corrected chi connectivity index (χ3v) is 4.23. The Bertz CT molecular complexity index is 601. The average molecular weight is 314 g/mol. The van der Waals surface area contributed by atoms with Gasteiger partial charge in [0.15, 0.2) is 6.61 Å². The van der Waals surface area contributed by atoms with Gasteiger partial charge in [0.1, 0.15) is 0 Å². The number of nitriles is 1. The molecule has 1 fully saturated rings. The van der Waals surface area contributed by atoms with Crippen molar-refractivity contribution in [3.8, 4) is 6.07 Å². The summed E-state index contributed by atoms with van der Waals surface area (Å²) in [6.45, 7) is 2.33. The molecule has 0 radical (unpaired) electrons. The van der Waals surface area contributed by atoms with Crippen LogP contribution in [0.2, 0.25) is 0 Å². The van der Waals surface area contributed by atoms with Crippen molar-refractivity contribution in [3.05, 3.63) is 35.4 Å². The number of likely N-dealkylation sites (N-methyl/N-ethyl adjacent to an activating group) is 1. The first-order valence-corrected chi connectivity index (χ1v) is 8.12. The largest absolute Gasteiger partial charge is 0.452 e. The van der Waals surface area contributed by atoms with Gasteiger partial charge in [-0.1, -0.05) is 25.3 Å². The van der Waals surface area contributed by atoms with E-state index in [0.29, 0.717) is 12.1 Å². The SMILES string of the molecule is CCN(C(=O)COC(=O)c1cccc(C#N)c1)C1CCCCC1. The van der Waals surface area contributed by atoms with Gasteiger partial charge in [-0.15, -0.1) is 0 Å². The van der Waals surface area contributed by atoms with Crippen LogP contribution in [0.15, 0.2) is 24.3 Å². The fourth-order valence-corrected chi connectivity index (χ4v) is 3.04. The maximum absolute atomic E-state index is 12.3. The van der Waals surface area contributed by atoms with E-state index < -0.39 is 5.97 Å². The van der Waals surface area contributed by atoms with Crippen molar-refractivity contribution in [1.29, 1.82) is 5.26 Å². The zero-order valence-corrected chi connectivity index (χ0v) is 13.5. The highest BCUT2D eigenvalue weighted by Gasteiger charge is 2.24. The molecular formula is C18H22N2O3. The molecule has 1 saturated carbocycles. The van der Waals surface area contributed by atoms with Crippen molar-refractivity contribution >= 4 is 11.9 Å². The minimum absolute atomic E-state index is 0.149. The molecule has 0 N–H and O–H groups in total. The lowest BCUT2D eigenvalue weighted by Gasteiger charge is -2.33. The minimum Gasteiger partial charge on any atom is -0.452 e. The molecule has 5 nitrogen and oxygen atoms in total. The van der Waals surface area contributed by atoms with Crippen molar-refractivity contribution in [1.82, 2.24) is 4.90 Å². The normalized spacial score (nSPS) is 14.8. The first-order valence-electron chi connectivity index (χ1n) is 8.12. The Balaban J connectivity index is 1.91. The Morgan fingerprint density at radius 1 is 1.30 bits per heavy atom. The van der Waals surface area contributed by atoms with E-state index in [-0.39, 0.29) is 24.1 Å². The third kappa shape index (κ3) is 4.56. The Morgan fingerprint density at radius 2 is 2.04 bits per heavy atom. The summed E-state index contributed by atoms with van der Waals surface area (Å²) >= 11 is 0. The molecule has 0 aliphatic heterocycles. The predicted octanol–water partition coefficient (Wildman–Crippen LogP) is 2.90. The highest BCUT2D eigenvalue weighted by atomic mass is 16.5. The molecule has 0 atom stereocenters. The van der Waals surface area contributed by atoms with Gasteiger partial charge in [0, 0.05) is 12.6 Å². The molecule has 0 spiro atoms. The van der Waals surface area contributed by atoms with Crippen molar-refractivity contribution in [2.24, 2.45) is 0 Å². The second-order valence-electron chi connectivity index (χ2n) is 5.74. The van der Waals surface area contributed by atoms with E-state index in [1.165, 1.54) is 12.5 Å². The molecule has 5 heteroatoms. The standard InChI is InChI=1S/C18H22N2O3/c1-2-20(16-9-4-3-5-10-16)17(21)13-23-18(22)15-8-6-7-14(11-15)12-19/h6-8,11,16H,2-5,9-10,13H2,1H3. The van der Waals surface area contributed by atoms with Crippen LogP contribution in [0, 0.1) is 11.3 Å². The number of ether oxygens (including phenoxy) is 1. The van der Waals surface area contributed by atoms with Crippen LogP contribution in [-0.4, -0.2) is 36.0 Å². The Hall–Kier alpha value is -2.35. The molecule has 23 heavy (non-hydrogen) atoms. The molecule has 1 aliphatic carbocycles. The van der Waals surface area contributed by atoms with Gasteiger partial charge in [-0.2, -0.15) is 5.26 Å². The number of carbonyl (C=O) groups is 2. The highest BCUT2D eigenvalue weighted by molar-refractivity contribution is 5.91. The molecule has 1 aliphatic rings. The van der Waals surface area contributed by atoms with Gasteiger partial charge in [-0.25, -0.2) is 4.79 Å². The van der Waals surface area contributed by atoms with E-state index in [2.05, 4.69) is 0 Å². The van der Waals surface area contributed by atoms with Crippen molar-refractivity contribution in [2.75, 3.05) is 13.2 Å². The van der Waals surface area contributed by atoms with E-state index in [4.69, 9.17) is 10.00 Å². The number of esters is 1. The second-order valence-corrected chi connectivity index (χ2v) is 5.74. The third-order valence-electron chi connectivity index (χ3n) is 4.23. The molecule has 0 heterocycles. The highest BCUT2D eigenvalue weighted by Crippen LogP contribution is 2.22. The topological polar surface area (TPSA) is 70.4 Å². The zero-order valence-electron chi connectivity index (χ0n) is 13.5. The van der Waals surface area contributed by atoms with Crippen molar-refractivity contribution in [3.63, 3.8) is 0 Å². The van der Waals surface area contributed by atoms with Crippen LogP contribution in [0.1, 0.15) is 54.9 Å². The molecule has 1 aromatic rings. The fraction of sp³-hybridized carbons (Fsp3) is 0.500. The molecule has 0 aromatic heterocycles. The maximum Gasteiger partial charge on any atom is 0.338 e. The van der Waals surface area contributed by atoms with Crippen LogP contribution in [0.4, 0.5) is 0 Å². The molecule has 122 valence electrons. The van der Waals surface area contributed by atoms with Crippen molar-refractivity contribution < 1.29 is 14.3 Å². The van der Waals surface area contributed by atoms with Gasteiger partial charge >= 0.3 is 5.97 Å². The Kier molecular flexibility index (Phi) is 6.16. The van der Waals surface area contributed by atoms with Crippen molar-refractivity contribution in [2.45, 2.75) is 45.1 Å². The summed E-state index contributed by atoms with van der Waals surface area (Å²) in [5, 5.41) is 8.85. The summed E-state index contributed by atoms with van der Waals surface area (Å²) < 4.78 is 5.12.